The van der Waals surface area contributed by atoms with E-state index >= 15 is 0 Å². The van der Waals surface area contributed by atoms with Crippen LogP contribution in [0.1, 0.15) is 21.5 Å². The Morgan fingerprint density at radius 3 is 2.07 bits per heavy atom. The lowest BCUT2D eigenvalue weighted by atomic mass is 9.56. The summed E-state index contributed by atoms with van der Waals surface area (Å²) in [6, 6.07) is 1.60. The number of phenols is 1. The van der Waals surface area contributed by atoms with Crippen LogP contribution in [0.4, 0.5) is 22.0 Å². The number of aromatic hydroxyl groups is 1. The van der Waals surface area contributed by atoms with Crippen LogP contribution in [-0.2, 0) is 9.59 Å². The fraction of sp³-hybridized carbons (Fsp3) is 0.250. The number of fused-ring (bicyclic) bond motifs is 3. The topological polar surface area (TPSA) is 182 Å². The number of aliphatic hydroxyl groups excluding tert-OH is 3. The fourth-order valence-electron chi connectivity index (χ4n) is 6.22. The van der Waals surface area contributed by atoms with E-state index in [1.54, 1.807) is 0 Å². The van der Waals surface area contributed by atoms with Gasteiger partial charge in [0.25, 0.3) is 5.91 Å². The van der Waals surface area contributed by atoms with E-state index in [1.807, 2.05) is 0 Å². The number of halogens is 5. The Balaban J connectivity index is 1.92. The first kappa shape index (κ1) is 29.9. The molecule has 0 fully saturated rings. The second-order valence-corrected chi connectivity index (χ2v) is 10.5. The molecule has 0 saturated heterocycles. The molecule has 0 aliphatic heterocycles. The molecule has 0 aromatic heterocycles. The van der Waals surface area contributed by atoms with Crippen LogP contribution < -0.4 is 5.73 Å². The second-order valence-electron chi connectivity index (χ2n) is 10.5. The smallest absolute Gasteiger partial charge is 0.255 e. The maximum Gasteiger partial charge on any atom is 0.255 e. The number of amides is 1. The molecule has 5 atom stereocenters. The first-order valence-electron chi connectivity index (χ1n) is 12.4. The molecule has 3 aliphatic rings. The van der Waals surface area contributed by atoms with Gasteiger partial charge in [-0.2, -0.15) is 0 Å². The van der Waals surface area contributed by atoms with E-state index in [9.17, 15) is 61.9 Å². The van der Waals surface area contributed by atoms with Crippen molar-refractivity contribution < 1.29 is 61.9 Å². The Morgan fingerprint density at radius 1 is 0.977 bits per heavy atom. The van der Waals surface area contributed by atoms with Gasteiger partial charge in [0.15, 0.2) is 34.7 Å². The van der Waals surface area contributed by atoms with Gasteiger partial charge in [-0.25, -0.2) is 22.0 Å². The van der Waals surface area contributed by atoms with Crippen LogP contribution >= 0.6 is 0 Å². The van der Waals surface area contributed by atoms with Crippen molar-refractivity contribution in [3.8, 4) is 5.75 Å². The number of phenolic OH excluding ortho intramolecular Hbond substituents is 1. The summed E-state index contributed by atoms with van der Waals surface area (Å²) in [5, 5.41) is 56.2. The van der Waals surface area contributed by atoms with Crippen LogP contribution in [0.5, 0.6) is 5.75 Å². The molecule has 226 valence electrons. The maximum absolute atomic E-state index is 14.8. The fourth-order valence-corrected chi connectivity index (χ4v) is 6.22. The first-order chi connectivity index (χ1) is 20.0. The molecule has 2 aromatic rings. The lowest BCUT2D eigenvalue weighted by molar-refractivity contribution is -0.159. The summed E-state index contributed by atoms with van der Waals surface area (Å²) in [6.45, 7) is 0. The molecular formula is C28H21F5N2O8. The van der Waals surface area contributed by atoms with Crippen molar-refractivity contribution in [3.05, 3.63) is 86.6 Å². The molecule has 1 amide bonds. The summed E-state index contributed by atoms with van der Waals surface area (Å²) in [5.74, 6) is -23.4. The number of likely N-dealkylation sites (N-methyl/N-ethyl adjacent to an activating group) is 1. The van der Waals surface area contributed by atoms with Gasteiger partial charge in [0.1, 0.15) is 22.8 Å². The minimum absolute atomic E-state index is 0.360. The van der Waals surface area contributed by atoms with E-state index in [0.29, 0.717) is 6.08 Å². The van der Waals surface area contributed by atoms with Crippen LogP contribution in [0.15, 0.2) is 40.9 Å². The lowest BCUT2D eigenvalue weighted by Gasteiger charge is -2.52. The molecule has 0 radical (unpaired) electrons. The Bertz CT molecular complexity index is 1740. The van der Waals surface area contributed by atoms with Gasteiger partial charge in [-0.05, 0) is 37.4 Å². The van der Waals surface area contributed by atoms with Gasteiger partial charge in [-0.15, -0.1) is 0 Å². The van der Waals surface area contributed by atoms with E-state index in [2.05, 4.69) is 0 Å². The molecule has 0 heterocycles. The molecule has 2 aromatic carbocycles. The SMILES string of the molecule is CN(C)C1C(O)=C(C(N)=O)C(=O)C2(O)C(O)=C3C(=O)c4c(O)cccc4/C(=C\c4c(F)c(F)c(F)c(F)c4F)C3C(O)C12. The summed E-state index contributed by atoms with van der Waals surface area (Å²) >= 11 is 0. The zero-order valence-corrected chi connectivity index (χ0v) is 22.0. The predicted octanol–water partition coefficient (Wildman–Crippen LogP) is 1.79. The Hall–Kier alpha value is -4.60. The van der Waals surface area contributed by atoms with E-state index in [1.165, 1.54) is 14.1 Å². The molecule has 43 heavy (non-hydrogen) atoms. The molecule has 10 nitrogen and oxygen atoms in total. The molecule has 5 unspecified atom stereocenters. The van der Waals surface area contributed by atoms with Crippen LogP contribution in [0.2, 0.25) is 0 Å². The van der Waals surface area contributed by atoms with Gasteiger partial charge in [0.2, 0.25) is 11.6 Å². The Kier molecular flexibility index (Phi) is 6.75. The highest BCUT2D eigenvalue weighted by molar-refractivity contribution is 6.25. The number of aliphatic hydroxyl groups is 4. The van der Waals surface area contributed by atoms with E-state index in [0.717, 1.165) is 23.1 Å². The number of ketones is 2. The third kappa shape index (κ3) is 3.78. The van der Waals surface area contributed by atoms with Crippen molar-refractivity contribution in [1.29, 1.82) is 0 Å². The number of carbonyl (C=O) groups is 3. The molecule has 7 N–H and O–H groups in total. The highest BCUT2D eigenvalue weighted by Gasteiger charge is 2.67. The third-order valence-corrected chi connectivity index (χ3v) is 8.08. The monoisotopic (exact) mass is 608 g/mol. The van der Waals surface area contributed by atoms with Crippen LogP contribution in [0.3, 0.4) is 0 Å². The highest BCUT2D eigenvalue weighted by Crippen LogP contribution is 2.55. The molecular weight excluding hydrogens is 587 g/mol. The summed E-state index contributed by atoms with van der Waals surface area (Å²) in [4.78, 5) is 40.4. The number of carbonyl (C=O) groups excluding carboxylic acids is 3. The number of Topliss-reactive ketones (excluding diaryl/α,β-unsaturated/α-hetero) is 2. The highest BCUT2D eigenvalue weighted by atomic mass is 19.2. The van der Waals surface area contributed by atoms with Gasteiger partial charge >= 0.3 is 0 Å². The Labute approximate surface area is 238 Å². The molecule has 0 saturated carbocycles. The van der Waals surface area contributed by atoms with Gasteiger partial charge in [0, 0.05) is 5.92 Å². The number of hydrogen-bond acceptors (Lipinski definition) is 9. The van der Waals surface area contributed by atoms with E-state index in [-0.39, 0.29) is 5.56 Å². The number of nitrogens with zero attached hydrogens (tertiary/aromatic N) is 1. The summed E-state index contributed by atoms with van der Waals surface area (Å²) in [6.07, 6.45) is -1.83. The minimum atomic E-state index is -3.30. The first-order valence-corrected chi connectivity index (χ1v) is 12.4. The zero-order chi connectivity index (χ0) is 32.0. The Morgan fingerprint density at radius 2 is 1.53 bits per heavy atom. The molecule has 15 heteroatoms. The second kappa shape index (κ2) is 9.72. The average molecular weight is 608 g/mol. The van der Waals surface area contributed by atoms with Crippen molar-refractivity contribution in [2.24, 2.45) is 17.6 Å². The van der Waals surface area contributed by atoms with Crippen LogP contribution in [-0.4, -0.2) is 79.7 Å². The van der Waals surface area contributed by atoms with Crippen LogP contribution in [0, 0.1) is 40.9 Å². The summed E-state index contributed by atoms with van der Waals surface area (Å²) < 4.78 is 71.7. The number of nitrogens with two attached hydrogens (primary N) is 1. The largest absolute Gasteiger partial charge is 0.510 e. The van der Waals surface area contributed by atoms with Crippen molar-refractivity contribution >= 4 is 29.1 Å². The quantitative estimate of drug-likeness (QED) is 0.131. The van der Waals surface area contributed by atoms with E-state index < -0.39 is 121 Å². The third-order valence-electron chi connectivity index (χ3n) is 8.08. The summed E-state index contributed by atoms with van der Waals surface area (Å²) in [5.41, 5.74) is -3.32. The molecule has 3 aliphatic carbocycles. The average Bonchev–Trinajstić information content (AvgIpc) is 2.93. The van der Waals surface area contributed by atoms with Gasteiger partial charge in [-0.1, -0.05) is 12.1 Å². The van der Waals surface area contributed by atoms with Crippen molar-refractivity contribution in [2.45, 2.75) is 17.7 Å². The molecule has 0 bridgehead atoms. The standard InChI is InChI=1S/C28H21F5N2O8/c1-35(2)21-15-23(38)12-8(6-9-16(29)18(31)20(33)19(32)17(9)30)7-4-3-5-10(36)11(7)22(37)13(12)25(40)28(15,43)26(41)14(24(21)39)27(34)42/h3-6,12,15,21,23,36,38-40,43H,1-2H3,(H2,34,42)/b8-6+. The molecule has 0 spiro atoms. The summed E-state index contributed by atoms with van der Waals surface area (Å²) in [7, 11) is 2.56. The number of primary amides is 1. The van der Waals surface area contributed by atoms with Crippen LogP contribution in [0.25, 0.3) is 11.6 Å². The molecule has 5 rings (SSSR count). The van der Waals surface area contributed by atoms with Crippen molar-refractivity contribution in [3.63, 3.8) is 0 Å². The minimum Gasteiger partial charge on any atom is -0.510 e. The van der Waals surface area contributed by atoms with Crippen molar-refractivity contribution in [1.82, 2.24) is 4.90 Å². The maximum atomic E-state index is 14.8. The zero-order valence-electron chi connectivity index (χ0n) is 22.0. The number of rotatable bonds is 3. The normalized spacial score (nSPS) is 27.9. The van der Waals surface area contributed by atoms with E-state index in [4.69, 9.17) is 5.73 Å². The number of benzene rings is 2. The van der Waals surface area contributed by atoms with Crippen molar-refractivity contribution in [2.75, 3.05) is 14.1 Å². The van der Waals surface area contributed by atoms with Gasteiger partial charge < -0.3 is 31.3 Å². The lowest BCUT2D eigenvalue weighted by Crippen LogP contribution is -2.68. The predicted molar refractivity (Wildman–Crippen MR) is 135 cm³/mol. The van der Waals surface area contributed by atoms with Gasteiger partial charge in [0.05, 0.1) is 34.8 Å². The van der Waals surface area contributed by atoms with Gasteiger partial charge in [-0.3, -0.25) is 19.3 Å². The number of hydrogen-bond donors (Lipinski definition) is 6.